The van der Waals surface area contributed by atoms with Gasteiger partial charge < -0.3 is 14.8 Å². The standard InChI is InChI=1S/C15H22BrN3O/c1-2-18(13-5-7-17-8-6-13)15(20)14-9-11(16)10-19(14)12-3-4-12/h9-10,12-13,17H,2-8H2,1H3. The van der Waals surface area contributed by atoms with Crippen LogP contribution in [0.15, 0.2) is 16.7 Å². The monoisotopic (exact) mass is 339 g/mol. The van der Waals surface area contributed by atoms with Gasteiger partial charge in [0.25, 0.3) is 5.91 Å². The molecule has 110 valence electrons. The highest BCUT2D eigenvalue weighted by Gasteiger charge is 2.31. The summed E-state index contributed by atoms with van der Waals surface area (Å²) in [6, 6.07) is 2.90. The van der Waals surface area contributed by atoms with Crippen molar-refractivity contribution in [2.24, 2.45) is 0 Å². The molecule has 0 bridgehead atoms. The first-order valence-corrected chi connectivity index (χ1v) is 8.39. The molecule has 2 heterocycles. The number of hydrogen-bond acceptors (Lipinski definition) is 2. The van der Waals surface area contributed by atoms with E-state index in [0.29, 0.717) is 12.1 Å². The lowest BCUT2D eigenvalue weighted by atomic mass is 10.0. The van der Waals surface area contributed by atoms with Gasteiger partial charge in [0.05, 0.1) is 0 Å². The van der Waals surface area contributed by atoms with E-state index in [0.717, 1.165) is 42.6 Å². The molecule has 0 radical (unpaired) electrons. The van der Waals surface area contributed by atoms with Crippen LogP contribution in [0.25, 0.3) is 0 Å². The zero-order chi connectivity index (χ0) is 14.1. The largest absolute Gasteiger partial charge is 0.339 e. The molecule has 0 spiro atoms. The molecule has 1 amide bonds. The predicted molar refractivity (Wildman–Crippen MR) is 83.0 cm³/mol. The molecule has 1 aliphatic heterocycles. The van der Waals surface area contributed by atoms with Gasteiger partial charge in [-0.15, -0.1) is 0 Å². The van der Waals surface area contributed by atoms with Crippen molar-refractivity contribution >= 4 is 21.8 Å². The maximum atomic E-state index is 12.9. The molecule has 1 saturated carbocycles. The number of carbonyl (C=O) groups is 1. The normalized spacial score (nSPS) is 20.1. The van der Waals surface area contributed by atoms with Crippen molar-refractivity contribution in [3.8, 4) is 0 Å². The van der Waals surface area contributed by atoms with Gasteiger partial charge >= 0.3 is 0 Å². The van der Waals surface area contributed by atoms with E-state index in [2.05, 4.69) is 43.8 Å². The third kappa shape index (κ3) is 2.79. The van der Waals surface area contributed by atoms with Crippen LogP contribution < -0.4 is 5.32 Å². The molecule has 1 aromatic heterocycles. The SMILES string of the molecule is CCN(C(=O)c1cc(Br)cn1C1CC1)C1CCNCC1. The molecule has 20 heavy (non-hydrogen) atoms. The van der Waals surface area contributed by atoms with E-state index in [-0.39, 0.29) is 5.91 Å². The summed E-state index contributed by atoms with van der Waals surface area (Å²) in [5.41, 5.74) is 0.847. The lowest BCUT2D eigenvalue weighted by molar-refractivity contribution is 0.0645. The summed E-state index contributed by atoms with van der Waals surface area (Å²) in [7, 11) is 0. The zero-order valence-electron chi connectivity index (χ0n) is 11.9. The Labute approximate surface area is 128 Å². The highest BCUT2D eigenvalue weighted by Crippen LogP contribution is 2.38. The van der Waals surface area contributed by atoms with Crippen molar-refractivity contribution in [1.29, 1.82) is 0 Å². The van der Waals surface area contributed by atoms with Crippen LogP contribution in [0.1, 0.15) is 49.1 Å². The molecular formula is C15H22BrN3O. The van der Waals surface area contributed by atoms with Crippen LogP contribution in [-0.4, -0.2) is 41.1 Å². The first kappa shape index (κ1) is 14.1. The van der Waals surface area contributed by atoms with E-state index in [1.165, 1.54) is 12.8 Å². The number of halogens is 1. The highest BCUT2D eigenvalue weighted by atomic mass is 79.9. The fourth-order valence-electron chi connectivity index (χ4n) is 3.10. The molecule has 1 N–H and O–H groups in total. The van der Waals surface area contributed by atoms with Crippen LogP contribution in [0.3, 0.4) is 0 Å². The number of piperidine rings is 1. The molecule has 3 rings (SSSR count). The lowest BCUT2D eigenvalue weighted by Crippen LogP contribution is -2.46. The Morgan fingerprint density at radius 3 is 2.70 bits per heavy atom. The fourth-order valence-corrected chi connectivity index (χ4v) is 3.54. The summed E-state index contributed by atoms with van der Waals surface area (Å²) in [5.74, 6) is 0.192. The Hall–Kier alpha value is -0.810. The topological polar surface area (TPSA) is 37.3 Å². The van der Waals surface area contributed by atoms with Crippen molar-refractivity contribution in [2.45, 2.75) is 44.7 Å². The summed E-state index contributed by atoms with van der Waals surface area (Å²) < 4.78 is 3.17. The van der Waals surface area contributed by atoms with E-state index in [1.807, 2.05) is 6.07 Å². The van der Waals surface area contributed by atoms with Crippen molar-refractivity contribution in [3.63, 3.8) is 0 Å². The third-order valence-corrected chi connectivity index (χ3v) is 4.76. The number of nitrogens with zero attached hydrogens (tertiary/aromatic N) is 2. The van der Waals surface area contributed by atoms with E-state index in [9.17, 15) is 4.79 Å². The third-order valence-electron chi connectivity index (χ3n) is 4.33. The number of hydrogen-bond donors (Lipinski definition) is 1. The fraction of sp³-hybridized carbons (Fsp3) is 0.667. The number of nitrogens with one attached hydrogen (secondary N) is 1. The predicted octanol–water partition coefficient (Wildman–Crippen LogP) is 2.80. The van der Waals surface area contributed by atoms with Crippen LogP contribution in [0.2, 0.25) is 0 Å². The molecule has 0 unspecified atom stereocenters. The van der Waals surface area contributed by atoms with Crippen molar-refractivity contribution in [2.75, 3.05) is 19.6 Å². The minimum Gasteiger partial charge on any atom is -0.339 e. The molecule has 1 saturated heterocycles. The van der Waals surface area contributed by atoms with Gasteiger partial charge in [0, 0.05) is 29.3 Å². The molecule has 2 aliphatic rings. The Balaban J connectivity index is 1.82. The van der Waals surface area contributed by atoms with Crippen LogP contribution in [-0.2, 0) is 0 Å². The number of amides is 1. The number of carbonyl (C=O) groups excluding carboxylic acids is 1. The van der Waals surface area contributed by atoms with Gasteiger partial charge in [-0.05, 0) is 67.7 Å². The van der Waals surface area contributed by atoms with Crippen LogP contribution in [0, 0.1) is 0 Å². The van der Waals surface area contributed by atoms with E-state index in [1.54, 1.807) is 0 Å². The van der Waals surface area contributed by atoms with Gasteiger partial charge in [-0.3, -0.25) is 4.79 Å². The van der Waals surface area contributed by atoms with Crippen LogP contribution in [0.4, 0.5) is 0 Å². The number of rotatable bonds is 4. The van der Waals surface area contributed by atoms with Gasteiger partial charge in [-0.1, -0.05) is 0 Å². The Morgan fingerprint density at radius 1 is 1.40 bits per heavy atom. The first-order valence-electron chi connectivity index (χ1n) is 7.59. The molecule has 1 aliphatic carbocycles. The second-order valence-corrected chi connectivity index (χ2v) is 6.67. The lowest BCUT2D eigenvalue weighted by Gasteiger charge is -2.34. The van der Waals surface area contributed by atoms with Gasteiger partial charge in [0.1, 0.15) is 5.69 Å². The maximum Gasteiger partial charge on any atom is 0.270 e. The Kier molecular flexibility index (Phi) is 4.17. The summed E-state index contributed by atoms with van der Waals surface area (Å²) in [6.07, 6.45) is 6.57. The minimum absolute atomic E-state index is 0.192. The van der Waals surface area contributed by atoms with Crippen molar-refractivity contribution in [3.05, 3.63) is 22.4 Å². The second kappa shape index (κ2) is 5.90. The minimum atomic E-state index is 0.192. The van der Waals surface area contributed by atoms with Gasteiger partial charge in [-0.25, -0.2) is 0 Å². The smallest absolute Gasteiger partial charge is 0.270 e. The van der Waals surface area contributed by atoms with E-state index in [4.69, 9.17) is 0 Å². The highest BCUT2D eigenvalue weighted by molar-refractivity contribution is 9.10. The van der Waals surface area contributed by atoms with Crippen molar-refractivity contribution < 1.29 is 4.79 Å². The zero-order valence-corrected chi connectivity index (χ0v) is 13.5. The summed E-state index contributed by atoms with van der Waals surface area (Å²) >= 11 is 3.51. The Morgan fingerprint density at radius 2 is 2.10 bits per heavy atom. The summed E-state index contributed by atoms with van der Waals surface area (Å²) in [6.45, 7) is 4.90. The first-order chi connectivity index (χ1) is 9.70. The average Bonchev–Trinajstić information content (AvgIpc) is 3.23. The summed E-state index contributed by atoms with van der Waals surface area (Å²) in [5, 5.41) is 3.37. The maximum absolute atomic E-state index is 12.9. The van der Waals surface area contributed by atoms with Gasteiger partial charge in [-0.2, -0.15) is 0 Å². The van der Waals surface area contributed by atoms with Crippen molar-refractivity contribution in [1.82, 2.24) is 14.8 Å². The van der Waals surface area contributed by atoms with E-state index >= 15 is 0 Å². The second-order valence-electron chi connectivity index (χ2n) is 5.75. The molecule has 0 atom stereocenters. The molecule has 0 aromatic carbocycles. The van der Waals surface area contributed by atoms with Crippen LogP contribution in [0.5, 0.6) is 0 Å². The molecule has 2 fully saturated rings. The molecular weight excluding hydrogens is 318 g/mol. The molecule has 4 nitrogen and oxygen atoms in total. The molecule has 5 heteroatoms. The average molecular weight is 340 g/mol. The van der Waals surface area contributed by atoms with E-state index < -0.39 is 0 Å². The molecule has 1 aromatic rings. The Bertz CT molecular complexity index is 489. The summed E-state index contributed by atoms with van der Waals surface area (Å²) in [4.78, 5) is 15.0. The number of aromatic nitrogens is 1. The van der Waals surface area contributed by atoms with Crippen LogP contribution >= 0.6 is 15.9 Å². The van der Waals surface area contributed by atoms with Gasteiger partial charge in [0.15, 0.2) is 0 Å². The quantitative estimate of drug-likeness (QED) is 0.915. The van der Waals surface area contributed by atoms with Gasteiger partial charge in [0.2, 0.25) is 0 Å².